The molecule has 0 heterocycles. The minimum Gasteiger partial charge on any atom is -0.507 e. The summed E-state index contributed by atoms with van der Waals surface area (Å²) in [6.07, 6.45) is 0. The van der Waals surface area contributed by atoms with E-state index in [1.54, 1.807) is 6.07 Å². The van der Waals surface area contributed by atoms with Crippen LogP contribution in [0.4, 0.5) is 5.69 Å². The van der Waals surface area contributed by atoms with Crippen molar-refractivity contribution < 1.29 is 15.0 Å². The van der Waals surface area contributed by atoms with E-state index in [1.807, 2.05) is 36.4 Å². The van der Waals surface area contributed by atoms with E-state index in [9.17, 15) is 15.0 Å². The van der Waals surface area contributed by atoms with Crippen LogP contribution in [-0.4, -0.2) is 16.1 Å². The van der Waals surface area contributed by atoms with Crippen molar-refractivity contribution in [2.75, 3.05) is 5.32 Å². The number of hydrogen-bond donors (Lipinski definition) is 3. The van der Waals surface area contributed by atoms with Gasteiger partial charge in [-0.2, -0.15) is 0 Å². The second-order valence-corrected chi connectivity index (χ2v) is 4.69. The maximum atomic E-state index is 12.2. The first-order valence-electron chi connectivity index (χ1n) is 6.46. The summed E-state index contributed by atoms with van der Waals surface area (Å²) in [6.45, 7) is 0. The maximum absolute atomic E-state index is 12.2. The molecule has 0 atom stereocenters. The summed E-state index contributed by atoms with van der Waals surface area (Å²) >= 11 is 0. The Labute approximate surface area is 121 Å². The number of nitrogens with one attached hydrogen (secondary N) is 1. The largest absolute Gasteiger partial charge is 0.507 e. The fourth-order valence-electron chi connectivity index (χ4n) is 2.22. The molecule has 0 spiro atoms. The van der Waals surface area contributed by atoms with Crippen molar-refractivity contribution >= 4 is 22.4 Å². The second-order valence-electron chi connectivity index (χ2n) is 4.69. The van der Waals surface area contributed by atoms with Crippen LogP contribution in [0.1, 0.15) is 10.4 Å². The molecule has 0 aliphatic carbocycles. The van der Waals surface area contributed by atoms with Crippen LogP contribution >= 0.6 is 0 Å². The topological polar surface area (TPSA) is 69.6 Å². The van der Waals surface area contributed by atoms with Crippen LogP contribution < -0.4 is 5.32 Å². The molecule has 1 amide bonds. The first-order valence-corrected chi connectivity index (χ1v) is 6.46. The van der Waals surface area contributed by atoms with E-state index in [-0.39, 0.29) is 17.1 Å². The summed E-state index contributed by atoms with van der Waals surface area (Å²) in [6, 6.07) is 17.5. The quantitative estimate of drug-likeness (QED) is 0.672. The number of aromatic hydroxyl groups is 2. The molecule has 4 nitrogen and oxygen atoms in total. The Bertz CT molecular complexity index is 807. The van der Waals surface area contributed by atoms with Crippen molar-refractivity contribution in [1.29, 1.82) is 0 Å². The number of hydrogen-bond acceptors (Lipinski definition) is 3. The number of anilines is 1. The highest BCUT2D eigenvalue weighted by Crippen LogP contribution is 2.27. The van der Waals surface area contributed by atoms with Crippen molar-refractivity contribution in [2.45, 2.75) is 0 Å². The van der Waals surface area contributed by atoms with Gasteiger partial charge in [0.05, 0.1) is 0 Å². The van der Waals surface area contributed by atoms with E-state index in [0.29, 0.717) is 5.69 Å². The van der Waals surface area contributed by atoms with Crippen LogP contribution in [0.25, 0.3) is 10.8 Å². The molecule has 0 saturated heterocycles. The van der Waals surface area contributed by atoms with Crippen molar-refractivity contribution in [3.8, 4) is 11.5 Å². The Morgan fingerprint density at radius 2 is 1.48 bits per heavy atom. The summed E-state index contributed by atoms with van der Waals surface area (Å²) in [4.78, 5) is 12.2. The molecule has 21 heavy (non-hydrogen) atoms. The van der Waals surface area contributed by atoms with Gasteiger partial charge in [-0.25, -0.2) is 0 Å². The zero-order chi connectivity index (χ0) is 14.8. The van der Waals surface area contributed by atoms with E-state index < -0.39 is 5.91 Å². The smallest absolute Gasteiger partial charge is 0.263 e. The second kappa shape index (κ2) is 5.17. The average molecular weight is 279 g/mol. The lowest BCUT2D eigenvalue weighted by atomic mass is 10.1. The number of rotatable bonds is 2. The standard InChI is InChI=1S/C17H13NO3/c19-14-6-3-7-15(20)16(14)17(21)18-13-9-8-11-4-1-2-5-12(11)10-13/h1-10,19-20H,(H,18,21). The van der Waals surface area contributed by atoms with Crippen molar-refractivity contribution in [3.63, 3.8) is 0 Å². The monoisotopic (exact) mass is 279 g/mol. The Hall–Kier alpha value is -3.01. The molecule has 0 aliphatic heterocycles. The molecule has 3 rings (SSSR count). The molecule has 3 N–H and O–H groups in total. The number of carbonyl (C=O) groups excluding carboxylic acids is 1. The zero-order valence-electron chi connectivity index (χ0n) is 11.1. The molecule has 0 bridgehead atoms. The summed E-state index contributed by atoms with van der Waals surface area (Å²) in [5, 5.41) is 24.1. The molecule has 4 heteroatoms. The number of phenolic OH excluding ortho intramolecular Hbond substituents is 2. The molecule has 0 fully saturated rings. The van der Waals surface area contributed by atoms with E-state index in [2.05, 4.69) is 5.32 Å². The van der Waals surface area contributed by atoms with Crippen LogP contribution in [0.5, 0.6) is 11.5 Å². The number of phenols is 2. The van der Waals surface area contributed by atoms with Gasteiger partial charge >= 0.3 is 0 Å². The molecule has 0 aliphatic rings. The van der Waals surface area contributed by atoms with Crippen LogP contribution in [-0.2, 0) is 0 Å². The van der Waals surface area contributed by atoms with E-state index >= 15 is 0 Å². The van der Waals surface area contributed by atoms with Gasteiger partial charge in [0.15, 0.2) is 0 Å². The molecule has 0 saturated carbocycles. The van der Waals surface area contributed by atoms with Gasteiger partial charge in [-0.1, -0.05) is 36.4 Å². The highest BCUT2D eigenvalue weighted by atomic mass is 16.3. The third-order valence-electron chi connectivity index (χ3n) is 3.25. The zero-order valence-corrected chi connectivity index (χ0v) is 11.1. The lowest BCUT2D eigenvalue weighted by Gasteiger charge is -2.09. The lowest BCUT2D eigenvalue weighted by molar-refractivity contribution is 0.102. The molecular weight excluding hydrogens is 266 g/mol. The third-order valence-corrected chi connectivity index (χ3v) is 3.25. The molecule has 0 unspecified atom stereocenters. The highest BCUT2D eigenvalue weighted by Gasteiger charge is 2.16. The fraction of sp³-hybridized carbons (Fsp3) is 0. The van der Waals surface area contributed by atoms with Gasteiger partial charge in [0, 0.05) is 5.69 Å². The minimum atomic E-state index is -0.555. The Morgan fingerprint density at radius 3 is 2.19 bits per heavy atom. The number of benzene rings is 3. The first kappa shape index (κ1) is 13.0. The maximum Gasteiger partial charge on any atom is 0.263 e. The Balaban J connectivity index is 1.93. The van der Waals surface area contributed by atoms with Gasteiger partial charge in [0.2, 0.25) is 0 Å². The summed E-state index contributed by atoms with van der Waals surface area (Å²) in [5.41, 5.74) is 0.465. The number of amides is 1. The lowest BCUT2D eigenvalue weighted by Crippen LogP contribution is -2.12. The van der Waals surface area contributed by atoms with E-state index in [4.69, 9.17) is 0 Å². The van der Waals surface area contributed by atoms with Gasteiger partial charge < -0.3 is 15.5 Å². The predicted octanol–water partition coefficient (Wildman–Crippen LogP) is 3.50. The number of fused-ring (bicyclic) bond motifs is 1. The molecular formula is C17H13NO3. The summed E-state index contributed by atoms with van der Waals surface area (Å²) in [7, 11) is 0. The number of carbonyl (C=O) groups is 1. The van der Waals surface area contributed by atoms with Crippen LogP contribution in [0.2, 0.25) is 0 Å². The fourth-order valence-corrected chi connectivity index (χ4v) is 2.22. The molecule has 104 valence electrons. The van der Waals surface area contributed by atoms with Crippen molar-refractivity contribution in [3.05, 3.63) is 66.2 Å². The normalized spacial score (nSPS) is 10.5. The summed E-state index contributed by atoms with van der Waals surface area (Å²) in [5.74, 6) is -1.07. The van der Waals surface area contributed by atoms with Crippen LogP contribution in [0, 0.1) is 0 Å². The first-order chi connectivity index (χ1) is 10.1. The SMILES string of the molecule is O=C(Nc1ccc2ccccc2c1)c1c(O)cccc1O. The molecule has 3 aromatic rings. The Morgan fingerprint density at radius 1 is 0.810 bits per heavy atom. The molecule has 0 aromatic heterocycles. The van der Waals surface area contributed by atoms with E-state index in [1.165, 1.54) is 18.2 Å². The Kier molecular flexibility index (Phi) is 3.20. The third kappa shape index (κ3) is 2.51. The van der Waals surface area contributed by atoms with Gasteiger partial charge in [-0.05, 0) is 35.0 Å². The summed E-state index contributed by atoms with van der Waals surface area (Å²) < 4.78 is 0. The predicted molar refractivity (Wildman–Crippen MR) is 81.7 cm³/mol. The van der Waals surface area contributed by atoms with Gasteiger partial charge in [-0.15, -0.1) is 0 Å². The van der Waals surface area contributed by atoms with Crippen LogP contribution in [0.15, 0.2) is 60.7 Å². The molecule has 3 aromatic carbocycles. The van der Waals surface area contributed by atoms with Crippen LogP contribution in [0.3, 0.4) is 0 Å². The average Bonchev–Trinajstić information content (AvgIpc) is 2.47. The minimum absolute atomic E-state index is 0.134. The van der Waals surface area contributed by atoms with Gasteiger partial charge in [0.25, 0.3) is 5.91 Å². The van der Waals surface area contributed by atoms with Gasteiger partial charge in [-0.3, -0.25) is 4.79 Å². The highest BCUT2D eigenvalue weighted by molar-refractivity contribution is 6.08. The van der Waals surface area contributed by atoms with Gasteiger partial charge in [0.1, 0.15) is 17.1 Å². The van der Waals surface area contributed by atoms with E-state index in [0.717, 1.165) is 10.8 Å². The van der Waals surface area contributed by atoms with Crippen molar-refractivity contribution in [2.24, 2.45) is 0 Å². The van der Waals surface area contributed by atoms with Crippen molar-refractivity contribution in [1.82, 2.24) is 0 Å². The molecule has 0 radical (unpaired) electrons.